The Kier molecular flexibility index (Phi) is 3.23. The first-order valence-corrected chi connectivity index (χ1v) is 6.43. The van der Waals surface area contributed by atoms with Gasteiger partial charge in [-0.15, -0.1) is 0 Å². The Balaban J connectivity index is 2.09. The van der Waals surface area contributed by atoms with Gasteiger partial charge in [-0.2, -0.15) is 5.10 Å². The molecule has 0 radical (unpaired) electrons. The number of hydrogen-bond acceptors (Lipinski definition) is 3. The highest BCUT2D eigenvalue weighted by molar-refractivity contribution is 5.86. The maximum atomic E-state index is 11.8. The van der Waals surface area contributed by atoms with Crippen molar-refractivity contribution in [1.29, 1.82) is 0 Å². The van der Waals surface area contributed by atoms with Crippen LogP contribution in [0.5, 0.6) is 0 Å². The Bertz CT molecular complexity index is 879. The number of rotatable bonds is 3. The van der Waals surface area contributed by atoms with Crippen molar-refractivity contribution >= 4 is 16.7 Å². The van der Waals surface area contributed by atoms with E-state index in [4.69, 9.17) is 5.11 Å². The van der Waals surface area contributed by atoms with Gasteiger partial charge >= 0.3 is 5.97 Å². The second kappa shape index (κ2) is 5.20. The molecule has 1 aromatic heterocycles. The van der Waals surface area contributed by atoms with Crippen LogP contribution in [0.2, 0.25) is 0 Å². The largest absolute Gasteiger partial charge is 0.476 e. The highest BCUT2D eigenvalue weighted by Crippen LogP contribution is 2.18. The molecule has 5 heteroatoms. The van der Waals surface area contributed by atoms with E-state index in [1.165, 1.54) is 16.8 Å². The second-order valence-electron chi connectivity index (χ2n) is 4.66. The van der Waals surface area contributed by atoms with E-state index in [1.54, 1.807) is 0 Å². The van der Waals surface area contributed by atoms with Crippen molar-refractivity contribution in [2.75, 3.05) is 0 Å². The van der Waals surface area contributed by atoms with Crippen molar-refractivity contribution in [3.8, 4) is 0 Å². The molecule has 0 unspecified atom stereocenters. The van der Waals surface area contributed by atoms with Crippen LogP contribution in [-0.2, 0) is 6.54 Å². The molecule has 0 amide bonds. The predicted octanol–water partition coefficient (Wildman–Crippen LogP) is 2.14. The summed E-state index contributed by atoms with van der Waals surface area (Å²) in [5, 5.41) is 14.9. The lowest BCUT2D eigenvalue weighted by Crippen LogP contribution is -2.24. The Labute approximate surface area is 120 Å². The third-order valence-electron chi connectivity index (χ3n) is 3.29. The van der Waals surface area contributed by atoms with Gasteiger partial charge < -0.3 is 5.11 Å². The van der Waals surface area contributed by atoms with E-state index in [0.717, 1.165) is 16.3 Å². The summed E-state index contributed by atoms with van der Waals surface area (Å²) in [6.45, 7) is 0.237. The zero-order valence-corrected chi connectivity index (χ0v) is 11.1. The number of carboxylic acids is 1. The van der Waals surface area contributed by atoms with Gasteiger partial charge in [0.2, 0.25) is 0 Å². The molecule has 0 saturated heterocycles. The average molecular weight is 280 g/mol. The number of aromatic carboxylic acids is 1. The molecule has 0 spiro atoms. The molecule has 5 nitrogen and oxygen atoms in total. The fourth-order valence-electron chi connectivity index (χ4n) is 2.27. The van der Waals surface area contributed by atoms with Gasteiger partial charge in [-0.25, -0.2) is 9.48 Å². The molecule has 21 heavy (non-hydrogen) atoms. The van der Waals surface area contributed by atoms with E-state index in [0.29, 0.717) is 0 Å². The van der Waals surface area contributed by atoms with E-state index in [2.05, 4.69) is 5.10 Å². The monoisotopic (exact) mass is 280 g/mol. The first kappa shape index (κ1) is 13.1. The van der Waals surface area contributed by atoms with Crippen LogP contribution in [0.15, 0.2) is 59.4 Å². The number of benzene rings is 2. The first-order chi connectivity index (χ1) is 10.1. The zero-order chi connectivity index (χ0) is 14.8. The highest BCUT2D eigenvalue weighted by atomic mass is 16.4. The standard InChI is InChI=1S/C16H12N2O3/c19-15-9-8-14(16(20)21)17-18(15)10-12-6-3-5-11-4-1-2-7-13(11)12/h1-9H,10H2,(H,20,21). The quantitative estimate of drug-likeness (QED) is 0.797. The van der Waals surface area contributed by atoms with E-state index in [1.807, 2.05) is 42.5 Å². The molecule has 0 aliphatic rings. The van der Waals surface area contributed by atoms with Gasteiger partial charge in [0.25, 0.3) is 5.56 Å². The Morgan fingerprint density at radius 1 is 1.05 bits per heavy atom. The normalized spacial score (nSPS) is 10.7. The summed E-state index contributed by atoms with van der Waals surface area (Å²) in [7, 11) is 0. The molecule has 0 aliphatic heterocycles. The Morgan fingerprint density at radius 2 is 1.81 bits per heavy atom. The van der Waals surface area contributed by atoms with Crippen LogP contribution in [0.1, 0.15) is 16.1 Å². The Hall–Kier alpha value is -2.95. The van der Waals surface area contributed by atoms with Gasteiger partial charge in [-0.1, -0.05) is 42.5 Å². The third-order valence-corrected chi connectivity index (χ3v) is 3.29. The lowest BCUT2D eigenvalue weighted by molar-refractivity contribution is 0.0687. The fourth-order valence-corrected chi connectivity index (χ4v) is 2.27. The number of carboxylic acid groups (broad SMARTS) is 1. The molecule has 0 aliphatic carbocycles. The molecule has 0 saturated carbocycles. The molecule has 3 aromatic rings. The van der Waals surface area contributed by atoms with Crippen LogP contribution < -0.4 is 5.56 Å². The summed E-state index contributed by atoms with van der Waals surface area (Å²) in [4.78, 5) is 22.8. The summed E-state index contributed by atoms with van der Waals surface area (Å²) in [5.74, 6) is -1.15. The van der Waals surface area contributed by atoms with Crippen molar-refractivity contribution in [2.24, 2.45) is 0 Å². The third kappa shape index (κ3) is 2.53. The number of aromatic nitrogens is 2. The maximum absolute atomic E-state index is 11.8. The van der Waals surface area contributed by atoms with Crippen molar-refractivity contribution in [3.63, 3.8) is 0 Å². The van der Waals surface area contributed by atoms with Crippen LogP contribution in [0, 0.1) is 0 Å². The fraction of sp³-hybridized carbons (Fsp3) is 0.0625. The molecule has 0 fully saturated rings. The summed E-state index contributed by atoms with van der Waals surface area (Å²) in [6.07, 6.45) is 0. The van der Waals surface area contributed by atoms with Gasteiger partial charge in [0, 0.05) is 6.07 Å². The molecule has 1 heterocycles. The van der Waals surface area contributed by atoms with Crippen LogP contribution in [0.3, 0.4) is 0 Å². The summed E-state index contributed by atoms with van der Waals surface area (Å²) < 4.78 is 1.17. The van der Waals surface area contributed by atoms with Crippen molar-refractivity contribution < 1.29 is 9.90 Å². The van der Waals surface area contributed by atoms with Gasteiger partial charge in [-0.3, -0.25) is 4.79 Å². The van der Waals surface area contributed by atoms with E-state index in [9.17, 15) is 9.59 Å². The predicted molar refractivity (Wildman–Crippen MR) is 78.5 cm³/mol. The van der Waals surface area contributed by atoms with Crippen molar-refractivity contribution in [2.45, 2.75) is 6.54 Å². The molecule has 0 bridgehead atoms. The highest BCUT2D eigenvalue weighted by Gasteiger charge is 2.08. The van der Waals surface area contributed by atoms with Gasteiger partial charge in [0.1, 0.15) is 0 Å². The van der Waals surface area contributed by atoms with Gasteiger partial charge in [0.05, 0.1) is 6.54 Å². The number of hydrogen-bond donors (Lipinski definition) is 1. The SMILES string of the molecule is O=C(O)c1ccc(=O)n(Cc2cccc3ccccc23)n1. The van der Waals surface area contributed by atoms with Crippen LogP contribution in [-0.4, -0.2) is 20.9 Å². The van der Waals surface area contributed by atoms with Crippen molar-refractivity contribution in [3.05, 3.63) is 76.2 Å². The molecular formula is C16H12N2O3. The zero-order valence-electron chi connectivity index (χ0n) is 11.1. The Morgan fingerprint density at radius 3 is 2.62 bits per heavy atom. The van der Waals surface area contributed by atoms with Gasteiger partial charge in [-0.05, 0) is 22.4 Å². The van der Waals surface area contributed by atoms with Crippen LogP contribution in [0.4, 0.5) is 0 Å². The van der Waals surface area contributed by atoms with E-state index in [-0.39, 0.29) is 17.8 Å². The van der Waals surface area contributed by atoms with E-state index >= 15 is 0 Å². The second-order valence-corrected chi connectivity index (χ2v) is 4.66. The molecule has 104 valence electrons. The molecule has 3 rings (SSSR count). The maximum Gasteiger partial charge on any atom is 0.356 e. The number of carbonyl (C=O) groups is 1. The molecule has 1 N–H and O–H groups in total. The molecule has 0 atom stereocenters. The first-order valence-electron chi connectivity index (χ1n) is 6.43. The lowest BCUT2D eigenvalue weighted by atomic mass is 10.0. The van der Waals surface area contributed by atoms with Crippen LogP contribution in [0.25, 0.3) is 10.8 Å². The van der Waals surface area contributed by atoms with E-state index < -0.39 is 5.97 Å². The summed E-state index contributed by atoms with van der Waals surface area (Å²) >= 11 is 0. The summed E-state index contributed by atoms with van der Waals surface area (Å²) in [5.41, 5.74) is 0.452. The smallest absolute Gasteiger partial charge is 0.356 e. The minimum atomic E-state index is -1.15. The molecular weight excluding hydrogens is 268 g/mol. The molecule has 2 aromatic carbocycles. The number of nitrogens with zero attached hydrogens (tertiary/aromatic N) is 2. The van der Waals surface area contributed by atoms with Crippen molar-refractivity contribution in [1.82, 2.24) is 9.78 Å². The summed E-state index contributed by atoms with van der Waals surface area (Å²) in [6, 6.07) is 16.1. The minimum Gasteiger partial charge on any atom is -0.476 e. The minimum absolute atomic E-state index is 0.144. The van der Waals surface area contributed by atoms with Gasteiger partial charge in [0.15, 0.2) is 5.69 Å². The lowest BCUT2D eigenvalue weighted by Gasteiger charge is -2.08. The average Bonchev–Trinajstić information content (AvgIpc) is 2.49. The number of fused-ring (bicyclic) bond motifs is 1. The topological polar surface area (TPSA) is 72.2 Å². The van der Waals surface area contributed by atoms with Crippen LogP contribution >= 0.6 is 0 Å².